The molecule has 1 aromatic rings. The Kier molecular flexibility index (Phi) is 5.47. The van der Waals surface area contributed by atoms with Crippen molar-refractivity contribution in [3.05, 3.63) is 23.9 Å². The predicted octanol–water partition coefficient (Wildman–Crippen LogP) is 0.871. The molecule has 3 heterocycles. The lowest BCUT2D eigenvalue weighted by Crippen LogP contribution is -2.53. The van der Waals surface area contributed by atoms with Gasteiger partial charge >= 0.3 is 12.2 Å². The van der Waals surface area contributed by atoms with Crippen LogP contribution >= 0.6 is 0 Å². The molecule has 0 spiro atoms. The number of piperidine rings is 1. The van der Waals surface area contributed by atoms with Crippen molar-refractivity contribution in [3.8, 4) is 5.88 Å². The number of aromatic nitrogens is 1. The van der Waals surface area contributed by atoms with Crippen molar-refractivity contribution in [3.63, 3.8) is 0 Å². The molecule has 1 atom stereocenters. The summed E-state index contributed by atoms with van der Waals surface area (Å²) in [6.07, 6.45) is -3.61. The number of carbonyl (C=O) groups is 2. The average molecular weight is 436 g/mol. The van der Waals surface area contributed by atoms with Crippen LogP contribution in [0.5, 0.6) is 5.88 Å². The number of sulfonamides is 1. The normalized spacial score (nSPS) is 24.3. The lowest BCUT2D eigenvalue weighted by atomic mass is 10.1. The highest BCUT2D eigenvalue weighted by atomic mass is 32.2. The van der Waals surface area contributed by atoms with Crippen LogP contribution in [0.15, 0.2) is 18.3 Å². The number of pyridine rings is 1. The third-order valence-corrected chi connectivity index (χ3v) is 6.83. The Bertz CT molecular complexity index is 898. The van der Waals surface area contributed by atoms with Gasteiger partial charge in [-0.05, 0) is 25.8 Å². The summed E-state index contributed by atoms with van der Waals surface area (Å²) >= 11 is 0. The molecular formula is C16H19F3N4O5S. The molecule has 3 rings (SSSR count). The second kappa shape index (κ2) is 7.44. The maximum Gasteiger partial charge on any atom is 0.417 e. The van der Waals surface area contributed by atoms with Crippen molar-refractivity contribution >= 4 is 22.0 Å². The van der Waals surface area contributed by atoms with Gasteiger partial charge in [0.1, 0.15) is 11.6 Å². The second-order valence-electron chi connectivity index (χ2n) is 7.10. The number of imide groups is 1. The number of nitrogens with zero attached hydrogens (tertiary/aromatic N) is 2. The zero-order chi connectivity index (χ0) is 21.4. The summed E-state index contributed by atoms with van der Waals surface area (Å²) in [5, 5.41) is 4.32. The summed E-state index contributed by atoms with van der Waals surface area (Å²) in [5.41, 5.74) is -2.43. The number of urea groups is 1. The monoisotopic (exact) mass is 436 g/mol. The van der Waals surface area contributed by atoms with Crippen LogP contribution < -0.4 is 15.4 Å². The molecule has 0 bridgehead atoms. The van der Waals surface area contributed by atoms with Gasteiger partial charge in [0, 0.05) is 25.4 Å². The van der Waals surface area contributed by atoms with E-state index in [4.69, 9.17) is 4.74 Å². The maximum absolute atomic E-state index is 12.6. The van der Waals surface area contributed by atoms with Crippen LogP contribution in [0.25, 0.3) is 0 Å². The standard InChI is InChI=1S/C16H19F3N4O5S/c1-15(13(24)21-14(25)22-15)9-29(26,27)23-6-4-11(5-7-23)28-12-3-2-10(8-20-12)16(17,18)19/h2-3,8,11H,4-7,9H2,1H3,(H2,21,22,24,25). The van der Waals surface area contributed by atoms with E-state index in [0.29, 0.717) is 19.0 Å². The summed E-state index contributed by atoms with van der Waals surface area (Å²) in [5.74, 6) is -1.27. The van der Waals surface area contributed by atoms with Crippen molar-refractivity contribution in [1.82, 2.24) is 19.9 Å². The minimum absolute atomic E-state index is 0.0251. The maximum atomic E-state index is 12.6. The smallest absolute Gasteiger partial charge is 0.417 e. The minimum Gasteiger partial charge on any atom is -0.474 e. The summed E-state index contributed by atoms with van der Waals surface area (Å²) in [6.45, 7) is 1.55. The second-order valence-corrected chi connectivity index (χ2v) is 9.06. The van der Waals surface area contributed by atoms with Gasteiger partial charge in [-0.3, -0.25) is 10.1 Å². The highest BCUT2D eigenvalue weighted by Gasteiger charge is 2.47. The number of hydrogen-bond donors (Lipinski definition) is 2. The van der Waals surface area contributed by atoms with Gasteiger partial charge in [0.2, 0.25) is 15.9 Å². The molecule has 1 unspecified atom stereocenters. The van der Waals surface area contributed by atoms with Crippen LogP contribution in [-0.4, -0.2) is 60.1 Å². The van der Waals surface area contributed by atoms with Gasteiger partial charge < -0.3 is 10.1 Å². The van der Waals surface area contributed by atoms with E-state index in [9.17, 15) is 31.2 Å². The molecular weight excluding hydrogens is 417 g/mol. The first kappa shape index (κ1) is 21.3. The highest BCUT2D eigenvalue weighted by molar-refractivity contribution is 7.89. The van der Waals surface area contributed by atoms with Gasteiger partial charge in [-0.1, -0.05) is 0 Å². The Balaban J connectivity index is 1.56. The number of carbonyl (C=O) groups excluding carboxylic acids is 2. The van der Waals surface area contributed by atoms with E-state index in [1.54, 1.807) is 0 Å². The molecule has 3 amide bonds. The largest absolute Gasteiger partial charge is 0.474 e. The van der Waals surface area contributed by atoms with Gasteiger partial charge in [-0.2, -0.15) is 13.2 Å². The van der Waals surface area contributed by atoms with Gasteiger partial charge in [0.15, 0.2) is 0 Å². The number of amides is 3. The molecule has 0 aliphatic carbocycles. The SMILES string of the molecule is CC1(CS(=O)(=O)N2CCC(Oc3ccc(C(F)(F)F)cn3)CC2)NC(=O)NC1=O. The van der Waals surface area contributed by atoms with Gasteiger partial charge in [0.05, 0.1) is 11.3 Å². The highest BCUT2D eigenvalue weighted by Crippen LogP contribution is 2.29. The van der Waals surface area contributed by atoms with Gasteiger partial charge in [-0.15, -0.1) is 0 Å². The van der Waals surface area contributed by atoms with Gasteiger partial charge in [0.25, 0.3) is 5.91 Å². The molecule has 2 aliphatic heterocycles. The van der Waals surface area contributed by atoms with Crippen molar-refractivity contribution in [1.29, 1.82) is 0 Å². The van der Waals surface area contributed by atoms with E-state index < -0.39 is 51.1 Å². The van der Waals surface area contributed by atoms with Crippen LogP contribution in [-0.2, 0) is 21.0 Å². The number of hydrogen-bond acceptors (Lipinski definition) is 6. The van der Waals surface area contributed by atoms with Crippen LogP contribution in [0.2, 0.25) is 0 Å². The Hall–Kier alpha value is -2.41. The molecule has 1 aromatic heterocycles. The summed E-state index contributed by atoms with van der Waals surface area (Å²) in [4.78, 5) is 26.8. The first-order valence-corrected chi connectivity index (χ1v) is 10.3. The molecule has 13 heteroatoms. The first-order valence-electron chi connectivity index (χ1n) is 8.70. The minimum atomic E-state index is -4.49. The topological polar surface area (TPSA) is 118 Å². The molecule has 2 N–H and O–H groups in total. The van der Waals surface area contributed by atoms with Crippen LogP contribution in [0, 0.1) is 0 Å². The van der Waals surface area contributed by atoms with Crippen LogP contribution in [0.3, 0.4) is 0 Å². The Labute approximate surface area is 164 Å². The van der Waals surface area contributed by atoms with E-state index >= 15 is 0 Å². The van der Waals surface area contributed by atoms with E-state index in [1.165, 1.54) is 11.2 Å². The molecule has 0 radical (unpaired) electrons. The summed E-state index contributed by atoms with van der Waals surface area (Å²) in [7, 11) is -3.84. The van der Waals surface area contributed by atoms with Crippen LogP contribution in [0.1, 0.15) is 25.3 Å². The average Bonchev–Trinajstić information content (AvgIpc) is 2.86. The molecule has 0 aromatic carbocycles. The zero-order valence-corrected chi connectivity index (χ0v) is 16.1. The summed E-state index contributed by atoms with van der Waals surface area (Å²) in [6, 6.07) is 1.24. The lowest BCUT2D eigenvalue weighted by molar-refractivity contribution is -0.137. The van der Waals surface area contributed by atoms with Crippen LogP contribution in [0.4, 0.5) is 18.0 Å². The summed E-state index contributed by atoms with van der Waals surface area (Å²) < 4.78 is 69.7. The van der Waals surface area contributed by atoms with Crippen molar-refractivity contribution < 1.29 is 35.9 Å². The zero-order valence-electron chi connectivity index (χ0n) is 15.3. The Morgan fingerprint density at radius 1 is 1.28 bits per heavy atom. The van der Waals surface area contributed by atoms with Crippen molar-refractivity contribution in [2.24, 2.45) is 0 Å². The number of halogens is 3. The Morgan fingerprint density at radius 3 is 2.41 bits per heavy atom. The third-order valence-electron chi connectivity index (χ3n) is 4.73. The number of ether oxygens (including phenoxy) is 1. The fourth-order valence-corrected chi connectivity index (χ4v) is 5.04. The van der Waals surface area contributed by atoms with E-state index in [2.05, 4.69) is 10.3 Å². The molecule has 9 nitrogen and oxygen atoms in total. The van der Waals surface area contributed by atoms with E-state index in [0.717, 1.165) is 12.1 Å². The number of alkyl halides is 3. The molecule has 29 heavy (non-hydrogen) atoms. The molecule has 2 aliphatic rings. The first-order chi connectivity index (χ1) is 13.4. The molecule has 2 saturated heterocycles. The fraction of sp³-hybridized carbons (Fsp3) is 0.562. The molecule has 2 fully saturated rings. The fourth-order valence-electron chi connectivity index (χ4n) is 3.15. The van der Waals surface area contributed by atoms with Gasteiger partial charge in [-0.25, -0.2) is 22.5 Å². The van der Waals surface area contributed by atoms with E-state index in [-0.39, 0.29) is 19.0 Å². The third kappa shape index (κ3) is 4.78. The predicted molar refractivity (Wildman–Crippen MR) is 93.3 cm³/mol. The quantitative estimate of drug-likeness (QED) is 0.662. The van der Waals surface area contributed by atoms with Crippen molar-refractivity contribution in [2.45, 2.75) is 37.6 Å². The Morgan fingerprint density at radius 2 is 1.93 bits per heavy atom. The molecule has 160 valence electrons. The number of rotatable bonds is 5. The van der Waals surface area contributed by atoms with E-state index in [1.807, 2.05) is 5.32 Å². The van der Waals surface area contributed by atoms with Crippen molar-refractivity contribution in [2.75, 3.05) is 18.8 Å². The number of nitrogens with one attached hydrogen (secondary N) is 2. The lowest BCUT2D eigenvalue weighted by Gasteiger charge is -2.33. The molecule has 0 saturated carbocycles.